The highest BCUT2D eigenvalue weighted by molar-refractivity contribution is 5.58. The number of imidazole rings is 1. The van der Waals surface area contributed by atoms with Crippen LogP contribution in [0, 0.1) is 18.3 Å². The lowest BCUT2D eigenvalue weighted by Crippen LogP contribution is -2.42. The number of nitriles is 1. The third-order valence-corrected chi connectivity index (χ3v) is 3.45. The van der Waals surface area contributed by atoms with Crippen molar-refractivity contribution in [3.8, 4) is 6.07 Å². The van der Waals surface area contributed by atoms with Crippen molar-refractivity contribution in [2.24, 2.45) is 0 Å². The van der Waals surface area contributed by atoms with Crippen LogP contribution < -0.4 is 16.0 Å². The number of hydrogen-bond acceptors (Lipinski definition) is 8. The molecule has 0 saturated carbocycles. The molecule has 9 heteroatoms. The van der Waals surface area contributed by atoms with Crippen LogP contribution in [-0.2, 0) is 4.74 Å². The van der Waals surface area contributed by atoms with Crippen molar-refractivity contribution in [1.29, 1.82) is 5.26 Å². The fourth-order valence-corrected chi connectivity index (χ4v) is 2.23. The Morgan fingerprint density at radius 1 is 1.48 bits per heavy atom. The summed E-state index contributed by atoms with van der Waals surface area (Å²) in [5, 5.41) is 26.6. The van der Waals surface area contributed by atoms with Gasteiger partial charge in [0.05, 0.1) is 30.3 Å². The summed E-state index contributed by atoms with van der Waals surface area (Å²) in [7, 11) is 0. The van der Waals surface area contributed by atoms with Gasteiger partial charge in [-0.3, -0.25) is 0 Å². The lowest BCUT2D eigenvalue weighted by atomic mass is 10.2. The molecular formula is C14H18N8O. The van der Waals surface area contributed by atoms with Gasteiger partial charge in [-0.25, -0.2) is 4.98 Å². The van der Waals surface area contributed by atoms with Gasteiger partial charge < -0.3 is 25.7 Å². The van der Waals surface area contributed by atoms with E-state index >= 15 is 0 Å². The Morgan fingerprint density at radius 2 is 2.39 bits per heavy atom. The van der Waals surface area contributed by atoms with Gasteiger partial charge in [-0.1, -0.05) is 0 Å². The number of hydrogen-bond donors (Lipinski definition) is 4. The topological polar surface area (TPSA) is 124 Å². The van der Waals surface area contributed by atoms with Gasteiger partial charge >= 0.3 is 0 Å². The molecule has 2 aromatic rings. The Balaban J connectivity index is 1.64. The van der Waals surface area contributed by atoms with Crippen LogP contribution in [-0.4, -0.2) is 52.5 Å². The summed E-state index contributed by atoms with van der Waals surface area (Å²) < 4.78 is 5.66. The van der Waals surface area contributed by atoms with Crippen LogP contribution in [0.3, 0.4) is 0 Å². The van der Waals surface area contributed by atoms with Crippen LogP contribution in [0.4, 0.5) is 17.5 Å². The van der Waals surface area contributed by atoms with Crippen molar-refractivity contribution in [3.05, 3.63) is 23.7 Å². The second-order valence-electron chi connectivity index (χ2n) is 5.19. The minimum Gasteiger partial charge on any atom is -0.381 e. The van der Waals surface area contributed by atoms with E-state index in [1.807, 2.05) is 19.1 Å². The molecule has 0 spiro atoms. The lowest BCUT2D eigenvalue weighted by molar-refractivity contribution is 0.0372. The summed E-state index contributed by atoms with van der Waals surface area (Å²) >= 11 is 0. The monoisotopic (exact) mass is 314 g/mol. The minimum atomic E-state index is 0.135. The molecule has 3 heterocycles. The summed E-state index contributed by atoms with van der Waals surface area (Å²) in [5.41, 5.74) is 2.06. The summed E-state index contributed by atoms with van der Waals surface area (Å²) in [4.78, 5) is 6.88. The molecular weight excluding hydrogens is 296 g/mol. The van der Waals surface area contributed by atoms with Crippen molar-refractivity contribution in [3.63, 3.8) is 0 Å². The SMILES string of the molecule is Cc1nnc(Nc2ncc(C#N)[nH]2)cc1NCC1CNCCO1. The van der Waals surface area contributed by atoms with Crippen LogP contribution in [0.1, 0.15) is 11.4 Å². The smallest absolute Gasteiger partial charge is 0.206 e. The van der Waals surface area contributed by atoms with E-state index in [1.54, 1.807) is 0 Å². The molecule has 120 valence electrons. The zero-order valence-corrected chi connectivity index (χ0v) is 12.8. The van der Waals surface area contributed by atoms with Gasteiger partial charge in [-0.05, 0) is 6.92 Å². The fourth-order valence-electron chi connectivity index (χ4n) is 2.23. The fraction of sp³-hybridized carbons (Fsp3) is 0.429. The lowest BCUT2D eigenvalue weighted by Gasteiger charge is -2.24. The highest BCUT2D eigenvalue weighted by Crippen LogP contribution is 2.18. The predicted molar refractivity (Wildman–Crippen MR) is 84.5 cm³/mol. The average Bonchev–Trinajstić information content (AvgIpc) is 3.04. The third kappa shape index (κ3) is 3.94. The number of rotatable bonds is 5. The quantitative estimate of drug-likeness (QED) is 0.630. The second-order valence-corrected chi connectivity index (χ2v) is 5.19. The molecule has 0 bridgehead atoms. The van der Waals surface area contributed by atoms with Gasteiger partial charge in [0.2, 0.25) is 5.95 Å². The molecule has 1 fully saturated rings. The molecule has 1 aliphatic heterocycles. The highest BCUT2D eigenvalue weighted by atomic mass is 16.5. The molecule has 1 atom stereocenters. The van der Waals surface area contributed by atoms with E-state index in [4.69, 9.17) is 10.00 Å². The highest BCUT2D eigenvalue weighted by Gasteiger charge is 2.14. The number of nitrogens with zero attached hydrogens (tertiary/aromatic N) is 4. The molecule has 0 aliphatic carbocycles. The first-order valence-electron chi connectivity index (χ1n) is 7.37. The standard InChI is InChI=1S/C14H18N8O/c1-9-12(17-8-11-7-16-2-3-23-11)4-13(22-21-9)20-14-18-6-10(5-15)19-14/h4,6,11,16H,2-3,7-8H2,1H3,(H3,17,18,19,20,22). The first kappa shape index (κ1) is 15.2. The van der Waals surface area contributed by atoms with E-state index in [9.17, 15) is 0 Å². The average molecular weight is 314 g/mol. The molecule has 23 heavy (non-hydrogen) atoms. The van der Waals surface area contributed by atoms with Crippen LogP contribution >= 0.6 is 0 Å². The van der Waals surface area contributed by atoms with Crippen LogP contribution in [0.5, 0.6) is 0 Å². The Kier molecular flexibility index (Phi) is 4.65. The Hall–Kier alpha value is -2.70. The van der Waals surface area contributed by atoms with E-state index in [1.165, 1.54) is 6.20 Å². The van der Waals surface area contributed by atoms with Crippen molar-refractivity contribution in [2.75, 3.05) is 36.9 Å². The van der Waals surface area contributed by atoms with E-state index in [0.29, 0.717) is 24.0 Å². The third-order valence-electron chi connectivity index (χ3n) is 3.45. The maximum absolute atomic E-state index is 8.79. The normalized spacial score (nSPS) is 17.5. The van der Waals surface area contributed by atoms with Gasteiger partial charge in [0.15, 0.2) is 5.82 Å². The van der Waals surface area contributed by atoms with Gasteiger partial charge in [0.1, 0.15) is 11.8 Å². The Bertz CT molecular complexity index is 701. The van der Waals surface area contributed by atoms with Crippen molar-refractivity contribution >= 4 is 17.5 Å². The van der Waals surface area contributed by atoms with Gasteiger partial charge in [0, 0.05) is 25.7 Å². The molecule has 3 rings (SSSR count). The van der Waals surface area contributed by atoms with Crippen molar-refractivity contribution in [1.82, 2.24) is 25.5 Å². The number of H-pyrrole nitrogens is 1. The first-order chi connectivity index (χ1) is 11.2. The number of aromatic nitrogens is 4. The maximum Gasteiger partial charge on any atom is 0.206 e. The molecule has 0 aromatic carbocycles. The first-order valence-corrected chi connectivity index (χ1v) is 7.37. The number of anilines is 3. The van der Waals surface area contributed by atoms with E-state index in [0.717, 1.165) is 31.1 Å². The predicted octanol–water partition coefficient (Wildman–Crippen LogP) is 0.524. The minimum absolute atomic E-state index is 0.135. The van der Waals surface area contributed by atoms with E-state index < -0.39 is 0 Å². The van der Waals surface area contributed by atoms with E-state index in [2.05, 4.69) is 36.1 Å². The number of aryl methyl sites for hydroxylation is 1. The summed E-state index contributed by atoms with van der Waals surface area (Å²) in [6.07, 6.45) is 1.59. The number of aromatic amines is 1. The molecule has 1 unspecified atom stereocenters. The van der Waals surface area contributed by atoms with Gasteiger partial charge in [-0.2, -0.15) is 10.4 Å². The maximum atomic E-state index is 8.79. The summed E-state index contributed by atoms with van der Waals surface area (Å²) in [6, 6.07) is 3.84. The molecule has 0 amide bonds. The molecule has 0 radical (unpaired) electrons. The van der Waals surface area contributed by atoms with Crippen molar-refractivity contribution < 1.29 is 4.74 Å². The molecule has 1 aliphatic rings. The van der Waals surface area contributed by atoms with Crippen LogP contribution in [0.2, 0.25) is 0 Å². The second kappa shape index (κ2) is 7.04. The zero-order valence-electron chi connectivity index (χ0n) is 12.8. The largest absolute Gasteiger partial charge is 0.381 e. The molecule has 9 nitrogen and oxygen atoms in total. The number of morpholine rings is 1. The number of ether oxygens (including phenoxy) is 1. The van der Waals surface area contributed by atoms with Crippen LogP contribution in [0.15, 0.2) is 12.3 Å². The number of nitrogens with one attached hydrogen (secondary N) is 4. The Morgan fingerprint density at radius 3 is 3.13 bits per heavy atom. The van der Waals surface area contributed by atoms with E-state index in [-0.39, 0.29) is 6.10 Å². The molecule has 1 saturated heterocycles. The molecule has 4 N–H and O–H groups in total. The van der Waals surface area contributed by atoms with Gasteiger partial charge in [-0.15, -0.1) is 5.10 Å². The Labute approximate surface area is 133 Å². The van der Waals surface area contributed by atoms with Gasteiger partial charge in [0.25, 0.3) is 0 Å². The zero-order chi connectivity index (χ0) is 16.1. The van der Waals surface area contributed by atoms with Crippen molar-refractivity contribution in [2.45, 2.75) is 13.0 Å². The summed E-state index contributed by atoms with van der Waals surface area (Å²) in [6.45, 7) is 5.04. The molecule has 2 aromatic heterocycles. The van der Waals surface area contributed by atoms with Crippen LogP contribution in [0.25, 0.3) is 0 Å². The summed E-state index contributed by atoms with van der Waals surface area (Å²) in [5.74, 6) is 0.991.